The summed E-state index contributed by atoms with van der Waals surface area (Å²) < 4.78 is 5.31. The van der Waals surface area contributed by atoms with E-state index in [1.54, 1.807) is 12.1 Å². The summed E-state index contributed by atoms with van der Waals surface area (Å²) in [5.74, 6) is 0.491. The molecule has 1 unspecified atom stereocenters. The first-order valence-electron chi connectivity index (χ1n) is 4.69. The van der Waals surface area contributed by atoms with Crippen LogP contribution in [0.25, 0.3) is 0 Å². The maximum absolute atomic E-state index is 9.22. The number of rotatable bonds is 5. The molecule has 0 amide bonds. The Labute approximate surface area is 88.4 Å². The fourth-order valence-corrected chi connectivity index (χ4v) is 1.16. The molecule has 0 heterocycles. The van der Waals surface area contributed by atoms with Gasteiger partial charge in [0.2, 0.25) is 0 Å². The van der Waals surface area contributed by atoms with Crippen LogP contribution in [0.15, 0.2) is 18.2 Å². The molecule has 15 heavy (non-hydrogen) atoms. The largest absolute Gasteiger partial charge is 0.489 e. The molecule has 0 radical (unpaired) electrons. The van der Waals surface area contributed by atoms with Gasteiger partial charge < -0.3 is 15.6 Å². The molecular formula is C10H16N2O3. The van der Waals surface area contributed by atoms with E-state index in [1.807, 2.05) is 13.0 Å². The summed E-state index contributed by atoms with van der Waals surface area (Å²) in [6, 6.07) is 5.35. The van der Waals surface area contributed by atoms with Gasteiger partial charge in [-0.25, -0.2) is 0 Å². The zero-order chi connectivity index (χ0) is 11.3. The maximum Gasteiger partial charge on any atom is 0.145 e. The first kappa shape index (κ1) is 11.8. The normalized spacial score (nSPS) is 12.3. The van der Waals surface area contributed by atoms with E-state index in [4.69, 9.17) is 15.7 Å². The number of nitrogens with one attached hydrogen (secondary N) is 1. The van der Waals surface area contributed by atoms with Gasteiger partial charge in [-0.05, 0) is 18.6 Å². The summed E-state index contributed by atoms with van der Waals surface area (Å²) in [7, 11) is 0. The van der Waals surface area contributed by atoms with Crippen molar-refractivity contribution >= 4 is 5.69 Å². The molecule has 84 valence electrons. The quantitative estimate of drug-likeness (QED) is 0.534. The molecular weight excluding hydrogens is 196 g/mol. The van der Waals surface area contributed by atoms with Crippen LogP contribution in [0, 0.1) is 6.92 Å². The van der Waals surface area contributed by atoms with E-state index in [0.29, 0.717) is 11.4 Å². The highest BCUT2D eigenvalue weighted by Gasteiger charge is 2.07. The number of aliphatic hydroxyl groups is 1. The third-order valence-electron chi connectivity index (χ3n) is 2.05. The maximum atomic E-state index is 9.22. The molecule has 0 bridgehead atoms. The Balaban J connectivity index is 2.72. The molecule has 1 aromatic carbocycles. The second-order valence-electron chi connectivity index (χ2n) is 3.26. The third kappa shape index (κ3) is 3.09. The van der Waals surface area contributed by atoms with Gasteiger partial charge in [0.1, 0.15) is 24.1 Å². The smallest absolute Gasteiger partial charge is 0.145 e. The number of hydrogen-bond acceptors (Lipinski definition) is 5. The molecule has 0 aromatic heterocycles. The number of aryl methyl sites for hydroxylation is 1. The lowest BCUT2D eigenvalue weighted by atomic mass is 10.2. The molecule has 0 saturated heterocycles. The average molecular weight is 212 g/mol. The predicted octanol–water partition coefficient (Wildman–Crippen LogP) is 0.495. The number of para-hydroxylation sites is 1. The van der Waals surface area contributed by atoms with Crippen LogP contribution in [0.5, 0.6) is 5.75 Å². The van der Waals surface area contributed by atoms with Crippen molar-refractivity contribution in [2.24, 2.45) is 5.73 Å². The lowest BCUT2D eigenvalue weighted by Crippen LogP contribution is -2.26. The van der Waals surface area contributed by atoms with Crippen LogP contribution in [0.3, 0.4) is 0 Å². The predicted molar refractivity (Wildman–Crippen MR) is 57.1 cm³/mol. The highest BCUT2D eigenvalue weighted by atomic mass is 16.5. The second-order valence-corrected chi connectivity index (χ2v) is 3.26. The van der Waals surface area contributed by atoms with Crippen molar-refractivity contribution in [2.45, 2.75) is 13.0 Å². The van der Waals surface area contributed by atoms with Crippen molar-refractivity contribution in [1.82, 2.24) is 0 Å². The van der Waals surface area contributed by atoms with Crippen LogP contribution in [-0.2, 0) is 0 Å². The summed E-state index contributed by atoms with van der Waals surface area (Å²) in [5.41, 5.74) is 8.67. The lowest BCUT2D eigenvalue weighted by molar-refractivity contribution is 0.114. The topological polar surface area (TPSA) is 87.7 Å². The molecule has 0 fully saturated rings. The minimum Gasteiger partial charge on any atom is -0.489 e. The van der Waals surface area contributed by atoms with E-state index in [1.165, 1.54) is 0 Å². The minimum atomic E-state index is -0.697. The minimum absolute atomic E-state index is 0.106. The Morgan fingerprint density at radius 1 is 1.53 bits per heavy atom. The molecule has 0 saturated carbocycles. The highest BCUT2D eigenvalue weighted by molar-refractivity contribution is 5.60. The number of nitrogens with two attached hydrogens (primary N) is 1. The fourth-order valence-electron chi connectivity index (χ4n) is 1.16. The van der Waals surface area contributed by atoms with Crippen molar-refractivity contribution in [2.75, 3.05) is 18.6 Å². The summed E-state index contributed by atoms with van der Waals surface area (Å²) >= 11 is 0. The monoisotopic (exact) mass is 212 g/mol. The molecule has 0 aliphatic rings. The van der Waals surface area contributed by atoms with Crippen molar-refractivity contribution in [3.8, 4) is 5.75 Å². The second kappa shape index (κ2) is 5.55. The van der Waals surface area contributed by atoms with Gasteiger partial charge in [-0.2, -0.15) is 0 Å². The molecule has 1 aromatic rings. The first-order valence-corrected chi connectivity index (χ1v) is 4.69. The Morgan fingerprint density at radius 2 is 2.27 bits per heavy atom. The van der Waals surface area contributed by atoms with E-state index >= 15 is 0 Å². The summed E-state index contributed by atoms with van der Waals surface area (Å²) in [6.45, 7) is 2.09. The van der Waals surface area contributed by atoms with E-state index in [-0.39, 0.29) is 13.2 Å². The van der Waals surface area contributed by atoms with Gasteiger partial charge >= 0.3 is 0 Å². The molecule has 0 aliphatic heterocycles. The zero-order valence-corrected chi connectivity index (χ0v) is 8.60. The highest BCUT2D eigenvalue weighted by Crippen LogP contribution is 2.27. The number of ether oxygens (including phenoxy) is 1. The summed E-state index contributed by atoms with van der Waals surface area (Å²) in [5, 5.41) is 18.1. The van der Waals surface area contributed by atoms with Crippen LogP contribution >= 0.6 is 0 Å². The molecule has 0 spiro atoms. The lowest BCUT2D eigenvalue weighted by Gasteiger charge is -2.14. The van der Waals surface area contributed by atoms with Crippen molar-refractivity contribution in [3.63, 3.8) is 0 Å². The first-order chi connectivity index (χ1) is 7.19. The van der Waals surface area contributed by atoms with Crippen LogP contribution in [0.2, 0.25) is 0 Å². The van der Waals surface area contributed by atoms with Crippen LogP contribution in [0.4, 0.5) is 5.69 Å². The molecule has 5 heteroatoms. The van der Waals surface area contributed by atoms with E-state index < -0.39 is 6.10 Å². The standard InChI is InChI=1S/C10H16N2O3/c1-7-3-2-4-9(10(7)12-14)15-6-8(13)5-11/h2-4,8,12-14H,5-6,11H2,1H3. The Kier molecular flexibility index (Phi) is 4.36. The van der Waals surface area contributed by atoms with Gasteiger partial charge in [-0.1, -0.05) is 12.1 Å². The van der Waals surface area contributed by atoms with Gasteiger partial charge in [0.15, 0.2) is 0 Å². The van der Waals surface area contributed by atoms with Gasteiger partial charge in [0.25, 0.3) is 0 Å². The molecule has 1 rings (SSSR count). The Morgan fingerprint density at radius 3 is 2.87 bits per heavy atom. The van der Waals surface area contributed by atoms with Crippen LogP contribution in [-0.4, -0.2) is 29.6 Å². The van der Waals surface area contributed by atoms with Crippen LogP contribution < -0.4 is 16.0 Å². The molecule has 5 N–H and O–H groups in total. The van der Waals surface area contributed by atoms with Gasteiger partial charge in [0.05, 0.1) is 0 Å². The summed E-state index contributed by atoms with van der Waals surface area (Å²) in [6.07, 6.45) is -0.697. The van der Waals surface area contributed by atoms with Gasteiger partial charge in [-0.15, -0.1) is 0 Å². The number of hydrogen-bond donors (Lipinski definition) is 4. The van der Waals surface area contributed by atoms with Crippen molar-refractivity contribution in [1.29, 1.82) is 0 Å². The SMILES string of the molecule is Cc1cccc(OCC(O)CN)c1NO. The number of aliphatic hydroxyl groups excluding tert-OH is 1. The van der Waals surface area contributed by atoms with Crippen molar-refractivity contribution in [3.05, 3.63) is 23.8 Å². The van der Waals surface area contributed by atoms with Crippen molar-refractivity contribution < 1.29 is 15.1 Å². The van der Waals surface area contributed by atoms with E-state index in [2.05, 4.69) is 5.48 Å². The average Bonchev–Trinajstić information content (AvgIpc) is 2.25. The fraction of sp³-hybridized carbons (Fsp3) is 0.400. The zero-order valence-electron chi connectivity index (χ0n) is 8.60. The Bertz CT molecular complexity index is 318. The molecule has 5 nitrogen and oxygen atoms in total. The van der Waals surface area contributed by atoms with E-state index in [0.717, 1.165) is 5.56 Å². The van der Waals surface area contributed by atoms with Gasteiger partial charge in [0, 0.05) is 6.54 Å². The van der Waals surface area contributed by atoms with E-state index in [9.17, 15) is 5.11 Å². The number of benzene rings is 1. The van der Waals surface area contributed by atoms with Crippen LogP contribution in [0.1, 0.15) is 5.56 Å². The number of anilines is 1. The molecule has 1 atom stereocenters. The molecule has 0 aliphatic carbocycles. The van der Waals surface area contributed by atoms with Gasteiger partial charge in [-0.3, -0.25) is 10.7 Å². The third-order valence-corrected chi connectivity index (χ3v) is 2.05. The Hall–Kier alpha value is -1.30. The summed E-state index contributed by atoms with van der Waals surface area (Å²) in [4.78, 5) is 0.